The van der Waals surface area contributed by atoms with Crippen molar-refractivity contribution in [2.75, 3.05) is 24.2 Å². The quantitative estimate of drug-likeness (QED) is 0.645. The van der Waals surface area contributed by atoms with Crippen molar-refractivity contribution >= 4 is 33.4 Å². The van der Waals surface area contributed by atoms with Crippen LogP contribution in [0.1, 0.15) is 44.9 Å². The molecule has 2 fully saturated rings. The molecule has 8 nitrogen and oxygen atoms in total. The zero-order valence-electron chi connectivity index (χ0n) is 17.1. The first kappa shape index (κ1) is 21.3. The number of nitrogens with zero attached hydrogens (tertiary/aromatic N) is 3. The first-order chi connectivity index (χ1) is 14.3. The largest absolute Gasteiger partial charge is 0.416 e. The van der Waals surface area contributed by atoms with Crippen molar-refractivity contribution in [1.29, 1.82) is 0 Å². The number of carbonyl (C=O) groups excluding carboxylic acids is 1. The summed E-state index contributed by atoms with van der Waals surface area (Å²) in [7, 11) is -3.53. The highest BCUT2D eigenvalue weighted by Gasteiger charge is 2.32. The molecular weight excluding hydrogens is 424 g/mol. The smallest absolute Gasteiger partial charge is 0.277 e. The second kappa shape index (κ2) is 8.68. The van der Waals surface area contributed by atoms with Crippen LogP contribution in [0.4, 0.5) is 5.69 Å². The Bertz CT molecular complexity index is 992. The van der Waals surface area contributed by atoms with E-state index in [0.29, 0.717) is 47.6 Å². The fraction of sp³-hybridized carbons (Fsp3) is 0.550. The predicted molar refractivity (Wildman–Crippen MR) is 114 cm³/mol. The molecule has 0 radical (unpaired) electrons. The molecule has 0 bridgehead atoms. The zero-order chi connectivity index (χ0) is 21.3. The van der Waals surface area contributed by atoms with Crippen molar-refractivity contribution in [2.45, 2.75) is 49.1 Å². The van der Waals surface area contributed by atoms with Gasteiger partial charge in [0.15, 0.2) is 0 Å². The molecular formula is C20H26N4O4S2. The van der Waals surface area contributed by atoms with Gasteiger partial charge < -0.3 is 9.73 Å². The molecule has 0 spiro atoms. The number of benzene rings is 1. The molecule has 1 saturated carbocycles. The number of carbonyl (C=O) groups is 1. The lowest BCUT2D eigenvalue weighted by atomic mass is 9.94. The van der Waals surface area contributed by atoms with Crippen LogP contribution >= 0.6 is 11.8 Å². The number of sulfonamides is 1. The summed E-state index contributed by atoms with van der Waals surface area (Å²) in [6, 6.07) is 6.32. The van der Waals surface area contributed by atoms with Gasteiger partial charge in [-0.3, -0.25) is 4.79 Å². The summed E-state index contributed by atoms with van der Waals surface area (Å²) in [6.45, 7) is 5.24. The number of piperidine rings is 1. The van der Waals surface area contributed by atoms with Crippen molar-refractivity contribution in [3.05, 3.63) is 30.2 Å². The van der Waals surface area contributed by atoms with Gasteiger partial charge in [0.25, 0.3) is 5.22 Å². The fourth-order valence-corrected chi connectivity index (χ4v) is 6.01. The van der Waals surface area contributed by atoms with Gasteiger partial charge in [0, 0.05) is 24.7 Å². The van der Waals surface area contributed by atoms with Crippen LogP contribution in [0.15, 0.2) is 38.8 Å². The third kappa shape index (κ3) is 5.04. The van der Waals surface area contributed by atoms with E-state index in [1.165, 1.54) is 11.8 Å². The average Bonchev–Trinajstić information content (AvgIpc) is 3.44. The number of nitrogens with one attached hydrogen (secondary N) is 1. The predicted octanol–water partition coefficient (Wildman–Crippen LogP) is 3.34. The van der Waals surface area contributed by atoms with E-state index in [1.807, 2.05) is 0 Å². The normalized spacial score (nSPS) is 22.7. The van der Waals surface area contributed by atoms with Crippen LogP contribution in [0.5, 0.6) is 0 Å². The monoisotopic (exact) mass is 450 g/mol. The van der Waals surface area contributed by atoms with Crippen LogP contribution < -0.4 is 5.32 Å². The summed E-state index contributed by atoms with van der Waals surface area (Å²) in [6.07, 6.45) is 3.20. The topological polar surface area (TPSA) is 105 Å². The summed E-state index contributed by atoms with van der Waals surface area (Å²) in [5.41, 5.74) is 0.545. The van der Waals surface area contributed by atoms with Gasteiger partial charge in [-0.15, -0.1) is 10.2 Å². The molecule has 2 atom stereocenters. The molecule has 1 N–H and O–H groups in total. The molecule has 30 heavy (non-hydrogen) atoms. The van der Waals surface area contributed by atoms with E-state index in [0.717, 1.165) is 19.3 Å². The Labute approximate surface area is 180 Å². The lowest BCUT2D eigenvalue weighted by molar-refractivity contribution is -0.113. The van der Waals surface area contributed by atoms with Crippen molar-refractivity contribution < 1.29 is 17.6 Å². The van der Waals surface area contributed by atoms with Gasteiger partial charge in [-0.2, -0.15) is 4.31 Å². The fourth-order valence-electron chi connectivity index (χ4n) is 3.76. The summed E-state index contributed by atoms with van der Waals surface area (Å²) in [4.78, 5) is 12.4. The number of rotatable bonds is 7. The Balaban J connectivity index is 1.32. The maximum atomic E-state index is 12.9. The highest BCUT2D eigenvalue weighted by molar-refractivity contribution is 7.99. The number of aromatic nitrogens is 2. The van der Waals surface area contributed by atoms with Crippen LogP contribution in [0.2, 0.25) is 0 Å². The lowest BCUT2D eigenvalue weighted by Gasteiger charge is -2.34. The molecule has 2 aliphatic rings. The number of hydrogen-bond acceptors (Lipinski definition) is 7. The maximum absolute atomic E-state index is 12.9. The van der Waals surface area contributed by atoms with E-state index in [1.54, 1.807) is 28.6 Å². The molecule has 10 heteroatoms. The average molecular weight is 451 g/mol. The zero-order valence-corrected chi connectivity index (χ0v) is 18.7. The molecule has 1 aliphatic carbocycles. The minimum absolute atomic E-state index is 0.135. The molecule has 1 saturated heterocycles. The van der Waals surface area contributed by atoms with Gasteiger partial charge in [-0.05, 0) is 55.4 Å². The highest BCUT2D eigenvalue weighted by atomic mass is 32.2. The molecule has 162 valence electrons. The van der Waals surface area contributed by atoms with Crippen LogP contribution in [0.3, 0.4) is 0 Å². The molecule has 4 rings (SSSR count). The Morgan fingerprint density at radius 2 is 1.83 bits per heavy atom. The van der Waals surface area contributed by atoms with Crippen molar-refractivity contribution in [3.63, 3.8) is 0 Å². The van der Waals surface area contributed by atoms with Crippen LogP contribution in [0.25, 0.3) is 0 Å². The molecule has 2 aromatic rings. The molecule has 1 aromatic carbocycles. The van der Waals surface area contributed by atoms with Crippen molar-refractivity contribution in [2.24, 2.45) is 11.8 Å². The van der Waals surface area contributed by atoms with Crippen LogP contribution in [-0.4, -0.2) is 47.7 Å². The lowest BCUT2D eigenvalue weighted by Crippen LogP contribution is -2.42. The summed E-state index contributed by atoms with van der Waals surface area (Å²) in [5, 5.41) is 11.1. The Hall–Kier alpha value is -1.91. The highest BCUT2D eigenvalue weighted by Crippen LogP contribution is 2.39. The van der Waals surface area contributed by atoms with E-state index >= 15 is 0 Å². The second-order valence-corrected chi connectivity index (χ2v) is 11.2. The van der Waals surface area contributed by atoms with E-state index < -0.39 is 10.0 Å². The molecule has 1 aliphatic heterocycles. The Kier molecular flexibility index (Phi) is 6.17. The number of hydrogen-bond donors (Lipinski definition) is 1. The molecule has 1 aromatic heterocycles. The third-order valence-electron chi connectivity index (χ3n) is 5.29. The van der Waals surface area contributed by atoms with E-state index in [9.17, 15) is 13.2 Å². The number of amides is 1. The minimum Gasteiger partial charge on any atom is -0.416 e. The van der Waals surface area contributed by atoms with E-state index in [2.05, 4.69) is 29.4 Å². The molecule has 2 unspecified atom stereocenters. The molecule has 2 heterocycles. The van der Waals surface area contributed by atoms with Gasteiger partial charge in [0.05, 0.1) is 10.6 Å². The standard InChI is InChI=1S/C20H26N4O4S2/c1-13-9-14(2)11-24(10-13)30(26,27)17-7-5-16(6-8-17)21-18(25)12-29-20-23-22-19(28-20)15-3-4-15/h5-8,13-15H,3-4,9-12H2,1-2H3,(H,21,25). The SMILES string of the molecule is CC1CC(C)CN(S(=O)(=O)c2ccc(NC(=O)CSc3nnc(C4CC4)o3)cc2)C1. The Morgan fingerprint density at radius 3 is 2.47 bits per heavy atom. The maximum Gasteiger partial charge on any atom is 0.277 e. The van der Waals surface area contributed by atoms with Crippen LogP contribution in [0, 0.1) is 11.8 Å². The van der Waals surface area contributed by atoms with E-state index in [4.69, 9.17) is 4.42 Å². The Morgan fingerprint density at radius 1 is 1.17 bits per heavy atom. The van der Waals surface area contributed by atoms with Crippen LogP contribution in [-0.2, 0) is 14.8 Å². The first-order valence-electron chi connectivity index (χ1n) is 10.2. The summed E-state index contributed by atoms with van der Waals surface area (Å²) in [5.74, 6) is 1.63. The number of anilines is 1. The third-order valence-corrected chi connectivity index (χ3v) is 7.95. The van der Waals surface area contributed by atoms with Gasteiger partial charge in [-0.25, -0.2) is 8.42 Å². The van der Waals surface area contributed by atoms with Crippen molar-refractivity contribution in [3.8, 4) is 0 Å². The first-order valence-corrected chi connectivity index (χ1v) is 12.6. The van der Waals surface area contributed by atoms with Gasteiger partial charge >= 0.3 is 0 Å². The van der Waals surface area contributed by atoms with Gasteiger partial charge in [0.2, 0.25) is 21.8 Å². The van der Waals surface area contributed by atoms with E-state index in [-0.39, 0.29) is 16.6 Å². The van der Waals surface area contributed by atoms with Gasteiger partial charge in [-0.1, -0.05) is 25.6 Å². The molecule has 1 amide bonds. The summed E-state index contributed by atoms with van der Waals surface area (Å²) < 4.78 is 33.0. The second-order valence-electron chi connectivity index (χ2n) is 8.31. The summed E-state index contributed by atoms with van der Waals surface area (Å²) >= 11 is 1.19. The number of thioether (sulfide) groups is 1. The van der Waals surface area contributed by atoms with Gasteiger partial charge in [0.1, 0.15) is 0 Å². The minimum atomic E-state index is -3.53. The van der Waals surface area contributed by atoms with Crippen molar-refractivity contribution in [1.82, 2.24) is 14.5 Å².